The maximum Gasteiger partial charge on any atom is 0.242 e. The van der Waals surface area contributed by atoms with Gasteiger partial charge in [-0.1, -0.05) is 12.8 Å². The second-order valence-corrected chi connectivity index (χ2v) is 6.83. The van der Waals surface area contributed by atoms with E-state index in [0.29, 0.717) is 11.3 Å². The normalized spacial score (nSPS) is 31.1. The van der Waals surface area contributed by atoms with E-state index in [1.54, 1.807) is 0 Å². The van der Waals surface area contributed by atoms with Crippen molar-refractivity contribution < 1.29 is 4.79 Å². The Labute approximate surface area is 102 Å². The highest BCUT2D eigenvalue weighted by Crippen LogP contribution is 2.36. The molecule has 0 spiro atoms. The smallest absolute Gasteiger partial charge is 0.242 e. The van der Waals surface area contributed by atoms with Crippen LogP contribution in [0.5, 0.6) is 0 Å². The molecule has 3 nitrogen and oxygen atoms in total. The average Bonchev–Trinajstić information content (AvgIpc) is 2.26. The third-order valence-corrected chi connectivity index (χ3v) is 4.94. The number of carbonyl (C=O) groups is 1. The van der Waals surface area contributed by atoms with Gasteiger partial charge in [0.2, 0.25) is 5.91 Å². The van der Waals surface area contributed by atoms with Crippen molar-refractivity contribution in [2.24, 2.45) is 5.73 Å². The first-order valence-corrected chi connectivity index (χ1v) is 7.26. The molecule has 16 heavy (non-hydrogen) atoms. The molecule has 0 aromatic heterocycles. The first-order chi connectivity index (χ1) is 7.50. The molecular formula is C12H22N2OS. The van der Waals surface area contributed by atoms with Crippen molar-refractivity contribution in [2.45, 2.75) is 56.4 Å². The summed E-state index contributed by atoms with van der Waals surface area (Å²) >= 11 is 2.04. The lowest BCUT2D eigenvalue weighted by Gasteiger charge is -2.45. The first kappa shape index (κ1) is 12.2. The molecule has 0 aromatic carbocycles. The molecule has 1 aliphatic heterocycles. The van der Waals surface area contributed by atoms with Gasteiger partial charge in [0.15, 0.2) is 0 Å². The minimum Gasteiger partial charge on any atom is -0.336 e. The Morgan fingerprint density at radius 3 is 2.75 bits per heavy atom. The maximum atomic E-state index is 12.3. The molecule has 2 rings (SSSR count). The van der Waals surface area contributed by atoms with E-state index in [2.05, 4.69) is 4.90 Å². The SMILES string of the molecule is CC(C)(N)C(=O)N1CCSC2CCCCC21. The Balaban J connectivity index is 2.11. The van der Waals surface area contributed by atoms with Gasteiger partial charge in [-0.15, -0.1) is 0 Å². The third kappa shape index (κ3) is 2.38. The zero-order valence-electron chi connectivity index (χ0n) is 10.2. The van der Waals surface area contributed by atoms with E-state index >= 15 is 0 Å². The molecule has 2 aliphatic rings. The van der Waals surface area contributed by atoms with Crippen molar-refractivity contribution >= 4 is 17.7 Å². The number of amides is 1. The van der Waals surface area contributed by atoms with Crippen LogP contribution in [0.2, 0.25) is 0 Å². The van der Waals surface area contributed by atoms with Crippen LogP contribution in [0.1, 0.15) is 39.5 Å². The van der Waals surface area contributed by atoms with E-state index in [9.17, 15) is 4.79 Å². The molecule has 92 valence electrons. The molecule has 0 bridgehead atoms. The van der Waals surface area contributed by atoms with Crippen molar-refractivity contribution in [1.29, 1.82) is 0 Å². The predicted octanol–water partition coefficient (Wildman–Crippen LogP) is 1.61. The Morgan fingerprint density at radius 2 is 2.06 bits per heavy atom. The van der Waals surface area contributed by atoms with Gasteiger partial charge in [-0.2, -0.15) is 11.8 Å². The van der Waals surface area contributed by atoms with Crippen LogP contribution in [0.4, 0.5) is 0 Å². The zero-order chi connectivity index (χ0) is 11.8. The summed E-state index contributed by atoms with van der Waals surface area (Å²) in [5, 5.41) is 0.661. The molecule has 1 saturated carbocycles. The molecular weight excluding hydrogens is 220 g/mol. The van der Waals surface area contributed by atoms with Crippen LogP contribution in [0.15, 0.2) is 0 Å². The number of rotatable bonds is 1. The summed E-state index contributed by atoms with van der Waals surface area (Å²) in [6, 6.07) is 0.447. The minimum atomic E-state index is -0.718. The lowest BCUT2D eigenvalue weighted by Crippen LogP contribution is -2.59. The number of hydrogen-bond acceptors (Lipinski definition) is 3. The Bertz CT molecular complexity index is 273. The lowest BCUT2D eigenvalue weighted by atomic mass is 9.91. The van der Waals surface area contributed by atoms with Gasteiger partial charge >= 0.3 is 0 Å². The van der Waals surface area contributed by atoms with Gasteiger partial charge in [-0.3, -0.25) is 4.79 Å². The van der Waals surface area contributed by atoms with E-state index in [0.717, 1.165) is 12.3 Å². The lowest BCUT2D eigenvalue weighted by molar-refractivity contribution is -0.138. The molecule has 0 radical (unpaired) electrons. The van der Waals surface area contributed by atoms with Gasteiger partial charge < -0.3 is 10.6 Å². The third-order valence-electron chi connectivity index (χ3n) is 3.54. The molecule has 2 unspecified atom stereocenters. The van der Waals surface area contributed by atoms with Gasteiger partial charge in [0, 0.05) is 23.6 Å². The molecule has 2 fully saturated rings. The average molecular weight is 242 g/mol. The highest BCUT2D eigenvalue weighted by molar-refractivity contribution is 8.00. The number of fused-ring (bicyclic) bond motifs is 1. The van der Waals surface area contributed by atoms with Crippen LogP contribution in [0.3, 0.4) is 0 Å². The topological polar surface area (TPSA) is 46.3 Å². The van der Waals surface area contributed by atoms with Crippen LogP contribution in [0, 0.1) is 0 Å². The predicted molar refractivity (Wildman–Crippen MR) is 68.5 cm³/mol. The second-order valence-electron chi connectivity index (χ2n) is 5.48. The van der Waals surface area contributed by atoms with Gasteiger partial charge in [-0.25, -0.2) is 0 Å². The molecule has 0 aromatic rings. The van der Waals surface area contributed by atoms with E-state index in [1.807, 2.05) is 25.6 Å². The highest BCUT2D eigenvalue weighted by atomic mass is 32.2. The fourth-order valence-electron chi connectivity index (χ4n) is 2.72. The fourth-order valence-corrected chi connectivity index (χ4v) is 4.16. The molecule has 1 aliphatic carbocycles. The van der Waals surface area contributed by atoms with Crippen molar-refractivity contribution in [3.63, 3.8) is 0 Å². The van der Waals surface area contributed by atoms with Gasteiger partial charge in [0.25, 0.3) is 0 Å². The van der Waals surface area contributed by atoms with Crippen molar-refractivity contribution in [1.82, 2.24) is 4.90 Å². The van der Waals surface area contributed by atoms with Gasteiger partial charge in [0.1, 0.15) is 0 Å². The molecule has 1 heterocycles. The monoisotopic (exact) mass is 242 g/mol. The summed E-state index contributed by atoms with van der Waals surface area (Å²) in [6.45, 7) is 4.51. The second kappa shape index (κ2) is 4.57. The number of nitrogens with zero attached hydrogens (tertiary/aromatic N) is 1. The first-order valence-electron chi connectivity index (χ1n) is 6.22. The molecule has 4 heteroatoms. The highest BCUT2D eigenvalue weighted by Gasteiger charge is 2.39. The number of hydrogen-bond donors (Lipinski definition) is 1. The van der Waals surface area contributed by atoms with Crippen LogP contribution in [-0.4, -0.2) is 39.9 Å². The quantitative estimate of drug-likeness (QED) is 0.760. The molecule has 1 saturated heterocycles. The molecule has 2 atom stereocenters. The zero-order valence-corrected chi connectivity index (χ0v) is 11.1. The fraction of sp³-hybridized carbons (Fsp3) is 0.917. The standard InChI is InChI=1S/C12H22N2OS/c1-12(2,13)11(15)14-7-8-16-10-6-4-3-5-9(10)14/h9-10H,3-8,13H2,1-2H3. The van der Waals surface area contributed by atoms with Crippen molar-refractivity contribution in [3.8, 4) is 0 Å². The number of carbonyl (C=O) groups excluding carboxylic acids is 1. The van der Waals surface area contributed by atoms with E-state index in [1.165, 1.54) is 25.7 Å². The van der Waals surface area contributed by atoms with E-state index < -0.39 is 5.54 Å². The Morgan fingerprint density at radius 1 is 1.38 bits per heavy atom. The van der Waals surface area contributed by atoms with Gasteiger partial charge in [0.05, 0.1) is 5.54 Å². The van der Waals surface area contributed by atoms with E-state index in [4.69, 9.17) is 5.73 Å². The summed E-state index contributed by atoms with van der Waals surface area (Å²) < 4.78 is 0. The molecule has 2 N–H and O–H groups in total. The van der Waals surface area contributed by atoms with Crippen molar-refractivity contribution in [3.05, 3.63) is 0 Å². The maximum absolute atomic E-state index is 12.3. The summed E-state index contributed by atoms with van der Waals surface area (Å²) in [5.74, 6) is 1.20. The Kier molecular flexibility index (Phi) is 3.50. The summed E-state index contributed by atoms with van der Waals surface area (Å²) in [6.07, 6.45) is 5.02. The largest absolute Gasteiger partial charge is 0.336 e. The summed E-state index contributed by atoms with van der Waals surface area (Å²) in [7, 11) is 0. The van der Waals surface area contributed by atoms with Gasteiger partial charge in [-0.05, 0) is 26.7 Å². The van der Waals surface area contributed by atoms with Crippen LogP contribution < -0.4 is 5.73 Å². The van der Waals surface area contributed by atoms with Crippen LogP contribution in [0.25, 0.3) is 0 Å². The Hall–Kier alpha value is -0.220. The van der Waals surface area contributed by atoms with Crippen LogP contribution >= 0.6 is 11.8 Å². The van der Waals surface area contributed by atoms with E-state index in [-0.39, 0.29) is 5.91 Å². The summed E-state index contributed by atoms with van der Waals surface area (Å²) in [5.41, 5.74) is 5.22. The summed E-state index contributed by atoms with van der Waals surface area (Å²) in [4.78, 5) is 14.3. The minimum absolute atomic E-state index is 0.129. The molecule has 1 amide bonds. The number of nitrogens with two attached hydrogens (primary N) is 1. The van der Waals surface area contributed by atoms with Crippen molar-refractivity contribution in [2.75, 3.05) is 12.3 Å². The number of thioether (sulfide) groups is 1. The van der Waals surface area contributed by atoms with Crippen LogP contribution in [-0.2, 0) is 4.79 Å².